The van der Waals surface area contributed by atoms with Crippen molar-refractivity contribution >= 4 is 23.4 Å². The summed E-state index contributed by atoms with van der Waals surface area (Å²) >= 11 is 0. The molecule has 1 aromatic heterocycles. The summed E-state index contributed by atoms with van der Waals surface area (Å²) in [7, 11) is 0. The van der Waals surface area contributed by atoms with Gasteiger partial charge in [0.2, 0.25) is 0 Å². The Bertz CT molecular complexity index is 1170. The number of anilines is 1. The summed E-state index contributed by atoms with van der Waals surface area (Å²) in [5.41, 5.74) is 3.58. The van der Waals surface area contributed by atoms with Crippen LogP contribution in [-0.2, 0) is 11.3 Å². The van der Waals surface area contributed by atoms with E-state index in [1.54, 1.807) is 23.3 Å². The van der Waals surface area contributed by atoms with Crippen molar-refractivity contribution in [1.29, 1.82) is 0 Å². The number of para-hydroxylation sites is 2. The number of nitrogens with zero attached hydrogens (tertiary/aromatic N) is 4. The molecule has 7 heteroatoms. The Morgan fingerprint density at radius 2 is 2.03 bits per heavy atom. The number of aliphatic imine (C=N–C) groups is 1. The molecule has 1 atom stereocenters. The van der Waals surface area contributed by atoms with Gasteiger partial charge in [-0.15, -0.1) is 0 Å². The van der Waals surface area contributed by atoms with Crippen LogP contribution in [-0.4, -0.2) is 40.7 Å². The van der Waals surface area contributed by atoms with E-state index >= 15 is 0 Å². The molecule has 0 radical (unpaired) electrons. The summed E-state index contributed by atoms with van der Waals surface area (Å²) in [4.78, 5) is 24.3. The fourth-order valence-electron chi connectivity index (χ4n) is 4.09. The molecule has 3 aromatic rings. The van der Waals surface area contributed by atoms with Crippen molar-refractivity contribution in [3.8, 4) is 5.75 Å². The normalized spacial score (nSPS) is 17.1. The van der Waals surface area contributed by atoms with E-state index in [4.69, 9.17) is 9.73 Å². The van der Waals surface area contributed by atoms with E-state index in [9.17, 15) is 4.79 Å². The lowest BCUT2D eigenvalue weighted by atomic mass is 10.1. The van der Waals surface area contributed by atoms with Gasteiger partial charge in [0.05, 0.1) is 25.2 Å². The molecule has 7 nitrogen and oxygen atoms in total. The molecule has 0 amide bonds. The van der Waals surface area contributed by atoms with Crippen molar-refractivity contribution in [3.63, 3.8) is 0 Å². The maximum atomic E-state index is 13.3. The Morgan fingerprint density at radius 1 is 1.19 bits per heavy atom. The number of hydrogen-bond donors (Lipinski definition) is 1. The lowest BCUT2D eigenvalue weighted by Gasteiger charge is -2.27. The zero-order valence-corrected chi connectivity index (χ0v) is 17.2. The van der Waals surface area contributed by atoms with E-state index in [1.807, 2.05) is 61.7 Å². The lowest BCUT2D eigenvalue weighted by Crippen LogP contribution is -2.39. The molecule has 31 heavy (non-hydrogen) atoms. The minimum Gasteiger partial charge on any atom is -0.493 e. The molecule has 156 valence electrons. The van der Waals surface area contributed by atoms with Gasteiger partial charge in [-0.3, -0.25) is 9.79 Å². The van der Waals surface area contributed by atoms with E-state index in [2.05, 4.69) is 15.2 Å². The summed E-state index contributed by atoms with van der Waals surface area (Å²) < 4.78 is 7.67. The fraction of sp³-hybridized carbons (Fsp3) is 0.208. The molecule has 2 aliphatic heterocycles. The first kappa shape index (κ1) is 19.1. The largest absolute Gasteiger partial charge is 0.493 e. The Balaban J connectivity index is 1.62. The van der Waals surface area contributed by atoms with Crippen LogP contribution in [0.1, 0.15) is 18.1 Å². The predicted molar refractivity (Wildman–Crippen MR) is 120 cm³/mol. The molecule has 2 aliphatic rings. The second-order valence-corrected chi connectivity index (χ2v) is 7.41. The Labute approximate surface area is 180 Å². The number of hydrogen-bond acceptors (Lipinski definition) is 6. The highest BCUT2D eigenvalue weighted by Gasteiger charge is 2.38. The topological polar surface area (TPSA) is 71.8 Å². The van der Waals surface area contributed by atoms with Gasteiger partial charge in [0, 0.05) is 36.3 Å². The maximum absolute atomic E-state index is 13.3. The van der Waals surface area contributed by atoms with E-state index < -0.39 is 0 Å². The third-order valence-corrected chi connectivity index (χ3v) is 5.48. The third kappa shape index (κ3) is 3.48. The van der Waals surface area contributed by atoms with E-state index in [0.717, 1.165) is 34.1 Å². The van der Waals surface area contributed by atoms with Gasteiger partial charge >= 0.3 is 0 Å². The van der Waals surface area contributed by atoms with Gasteiger partial charge in [-0.2, -0.15) is 0 Å². The predicted octanol–water partition coefficient (Wildman–Crippen LogP) is 3.09. The second kappa shape index (κ2) is 8.10. The van der Waals surface area contributed by atoms with Gasteiger partial charge in [-0.25, -0.2) is 4.98 Å². The first-order valence-electron chi connectivity index (χ1n) is 10.4. The highest BCUT2D eigenvalue weighted by molar-refractivity contribution is 5.99. The second-order valence-electron chi connectivity index (χ2n) is 7.41. The molecule has 0 aliphatic carbocycles. The highest BCUT2D eigenvalue weighted by Crippen LogP contribution is 2.38. The van der Waals surface area contributed by atoms with Crippen LogP contribution < -0.4 is 15.0 Å². The molecule has 1 N–H and O–H groups in total. The quantitative estimate of drug-likeness (QED) is 0.672. The van der Waals surface area contributed by atoms with E-state index in [1.165, 1.54) is 0 Å². The average molecular weight is 413 g/mol. The van der Waals surface area contributed by atoms with E-state index in [0.29, 0.717) is 13.2 Å². The summed E-state index contributed by atoms with van der Waals surface area (Å²) in [5, 5.41) is 3.46. The smallest absolute Gasteiger partial charge is 0.177 e. The standard InChI is InChI=1S/C24H23N5O2/c1-2-31-22-10-6-4-8-18(22)23-24-27-14-20(21(30)15-28-12-11-25-16-28)29(24)19-9-5-3-7-17(19)13-26-23/h3-13,16,20,27H,2,14-15H2,1H3. The van der Waals surface area contributed by atoms with Crippen molar-refractivity contribution < 1.29 is 9.53 Å². The molecule has 3 heterocycles. The first-order chi connectivity index (χ1) is 15.3. The van der Waals surface area contributed by atoms with Gasteiger partial charge in [0.1, 0.15) is 23.3 Å². The van der Waals surface area contributed by atoms with Gasteiger partial charge in [-0.05, 0) is 25.1 Å². The zero-order chi connectivity index (χ0) is 21.2. The number of ketones is 1. The summed E-state index contributed by atoms with van der Waals surface area (Å²) in [6, 6.07) is 15.5. The van der Waals surface area contributed by atoms with Gasteiger partial charge in [-0.1, -0.05) is 30.3 Å². The van der Waals surface area contributed by atoms with Gasteiger partial charge < -0.3 is 19.5 Å². The monoisotopic (exact) mass is 413 g/mol. The van der Waals surface area contributed by atoms with Crippen LogP contribution in [0.15, 0.2) is 78.1 Å². The number of rotatable bonds is 6. The Morgan fingerprint density at radius 3 is 2.87 bits per heavy atom. The molecule has 1 saturated heterocycles. The molecule has 0 bridgehead atoms. The number of carbonyl (C=O) groups excluding carboxylic acids is 1. The number of imidazole rings is 1. The lowest BCUT2D eigenvalue weighted by molar-refractivity contribution is -0.120. The summed E-state index contributed by atoms with van der Waals surface area (Å²) in [6.07, 6.45) is 7.02. The number of carbonyl (C=O) groups is 1. The van der Waals surface area contributed by atoms with Crippen molar-refractivity contribution in [2.24, 2.45) is 4.99 Å². The third-order valence-electron chi connectivity index (χ3n) is 5.48. The van der Waals surface area contributed by atoms with Crippen LogP contribution in [0.3, 0.4) is 0 Å². The minimum atomic E-state index is -0.352. The number of fused-ring (bicyclic) bond motifs is 3. The average Bonchev–Trinajstić information content (AvgIpc) is 3.43. The van der Waals surface area contributed by atoms with Crippen molar-refractivity contribution in [2.45, 2.75) is 19.5 Å². The van der Waals surface area contributed by atoms with Crippen LogP contribution in [0.2, 0.25) is 0 Å². The maximum Gasteiger partial charge on any atom is 0.177 e. The molecular formula is C24H23N5O2. The van der Waals surface area contributed by atoms with Crippen LogP contribution in [0, 0.1) is 0 Å². The molecule has 0 spiro atoms. The molecule has 0 saturated carbocycles. The van der Waals surface area contributed by atoms with Crippen LogP contribution in [0.5, 0.6) is 5.75 Å². The SMILES string of the molecule is CCOc1ccccc1C1=C2NCC(C(=O)Cn3ccnc3)N2c2ccccc2C=N1. The van der Waals surface area contributed by atoms with Crippen molar-refractivity contribution in [3.05, 3.63) is 84.2 Å². The van der Waals surface area contributed by atoms with Crippen LogP contribution >= 0.6 is 0 Å². The number of nitrogens with one attached hydrogen (secondary N) is 1. The molecule has 5 rings (SSSR count). The molecular weight excluding hydrogens is 390 g/mol. The number of ether oxygens (including phenoxy) is 1. The van der Waals surface area contributed by atoms with E-state index in [-0.39, 0.29) is 18.4 Å². The Hall–Kier alpha value is -3.87. The summed E-state index contributed by atoms with van der Waals surface area (Å²) in [5.74, 6) is 1.69. The molecule has 1 unspecified atom stereocenters. The number of Topliss-reactive ketones (excluding diaryl/α,β-unsaturated/α-hetero) is 1. The van der Waals surface area contributed by atoms with Gasteiger partial charge in [0.25, 0.3) is 0 Å². The Kier molecular flexibility index (Phi) is 5.00. The van der Waals surface area contributed by atoms with Crippen LogP contribution in [0.4, 0.5) is 5.69 Å². The van der Waals surface area contributed by atoms with Crippen molar-refractivity contribution in [1.82, 2.24) is 14.9 Å². The molecule has 2 aromatic carbocycles. The highest BCUT2D eigenvalue weighted by atomic mass is 16.5. The van der Waals surface area contributed by atoms with Gasteiger partial charge in [0.15, 0.2) is 5.78 Å². The fourth-order valence-corrected chi connectivity index (χ4v) is 4.09. The molecule has 1 fully saturated rings. The van der Waals surface area contributed by atoms with Crippen LogP contribution in [0.25, 0.3) is 5.70 Å². The number of benzene rings is 2. The van der Waals surface area contributed by atoms with Crippen molar-refractivity contribution in [2.75, 3.05) is 18.1 Å². The number of aromatic nitrogens is 2. The summed E-state index contributed by atoms with van der Waals surface area (Å²) in [6.45, 7) is 3.30. The zero-order valence-electron chi connectivity index (χ0n) is 17.2. The first-order valence-corrected chi connectivity index (χ1v) is 10.4. The minimum absolute atomic E-state index is 0.106.